The van der Waals surface area contributed by atoms with Gasteiger partial charge in [-0.2, -0.15) is 0 Å². The summed E-state index contributed by atoms with van der Waals surface area (Å²) in [5.74, 6) is -0.0651. The molecule has 0 radical (unpaired) electrons. The highest BCUT2D eigenvalue weighted by Crippen LogP contribution is 2.31. The van der Waals surface area contributed by atoms with Crippen LogP contribution < -0.4 is 5.32 Å². The quantitative estimate of drug-likeness (QED) is 0.831. The van der Waals surface area contributed by atoms with Crippen LogP contribution in [0.15, 0.2) is 18.2 Å². The van der Waals surface area contributed by atoms with Gasteiger partial charge >= 0.3 is 0 Å². The SMILES string of the molecule is O=C1CCC(c2ccc3c(c2)CCN(C(=O)C2CCCCC2)C3)C(=O)N1. The summed E-state index contributed by atoms with van der Waals surface area (Å²) in [5, 5.41) is 2.44. The highest BCUT2D eigenvalue weighted by Gasteiger charge is 2.31. The van der Waals surface area contributed by atoms with Gasteiger partial charge in [0.05, 0.1) is 5.92 Å². The van der Waals surface area contributed by atoms with Crippen LogP contribution in [0, 0.1) is 5.92 Å². The Kier molecular flexibility index (Phi) is 4.79. The molecule has 1 aliphatic carbocycles. The molecule has 1 aromatic carbocycles. The molecule has 2 heterocycles. The summed E-state index contributed by atoms with van der Waals surface area (Å²) >= 11 is 0. The van der Waals surface area contributed by atoms with Crippen LogP contribution in [0.4, 0.5) is 0 Å². The predicted molar refractivity (Wildman–Crippen MR) is 97.3 cm³/mol. The zero-order chi connectivity index (χ0) is 18.1. The molecule has 0 spiro atoms. The van der Waals surface area contributed by atoms with Crippen LogP contribution >= 0.6 is 0 Å². The van der Waals surface area contributed by atoms with E-state index in [2.05, 4.69) is 17.4 Å². The Morgan fingerprint density at radius 3 is 2.58 bits per heavy atom. The smallest absolute Gasteiger partial charge is 0.234 e. The highest BCUT2D eigenvalue weighted by molar-refractivity contribution is 6.00. The Labute approximate surface area is 154 Å². The maximum absolute atomic E-state index is 12.8. The number of imide groups is 1. The van der Waals surface area contributed by atoms with Gasteiger partial charge < -0.3 is 4.90 Å². The summed E-state index contributed by atoms with van der Waals surface area (Å²) in [5.41, 5.74) is 3.41. The fraction of sp³-hybridized carbons (Fsp3) is 0.571. The summed E-state index contributed by atoms with van der Waals surface area (Å²) in [6.07, 6.45) is 7.51. The Morgan fingerprint density at radius 2 is 1.81 bits per heavy atom. The van der Waals surface area contributed by atoms with E-state index in [4.69, 9.17) is 0 Å². The van der Waals surface area contributed by atoms with Crippen LogP contribution in [-0.2, 0) is 27.3 Å². The van der Waals surface area contributed by atoms with Crippen molar-refractivity contribution < 1.29 is 14.4 Å². The van der Waals surface area contributed by atoms with E-state index in [1.165, 1.54) is 30.4 Å². The van der Waals surface area contributed by atoms with Gasteiger partial charge in [0.25, 0.3) is 0 Å². The number of piperidine rings is 1. The van der Waals surface area contributed by atoms with Crippen LogP contribution in [0.1, 0.15) is 67.6 Å². The average Bonchev–Trinajstić information content (AvgIpc) is 2.67. The summed E-state index contributed by atoms with van der Waals surface area (Å²) in [6.45, 7) is 1.45. The van der Waals surface area contributed by atoms with E-state index in [9.17, 15) is 14.4 Å². The van der Waals surface area contributed by atoms with Crippen LogP contribution in [0.2, 0.25) is 0 Å². The van der Waals surface area contributed by atoms with Gasteiger partial charge in [-0.1, -0.05) is 37.5 Å². The topological polar surface area (TPSA) is 66.5 Å². The predicted octanol–water partition coefficient (Wildman–Crippen LogP) is 2.67. The van der Waals surface area contributed by atoms with Crippen molar-refractivity contribution in [3.63, 3.8) is 0 Å². The van der Waals surface area contributed by atoms with Crippen molar-refractivity contribution in [1.29, 1.82) is 0 Å². The molecule has 2 fully saturated rings. The molecule has 1 aromatic rings. The number of carbonyl (C=O) groups excluding carboxylic acids is 3. The van der Waals surface area contributed by atoms with Gasteiger partial charge in [0.15, 0.2) is 0 Å². The Hall–Kier alpha value is -2.17. The highest BCUT2D eigenvalue weighted by atomic mass is 16.2. The summed E-state index contributed by atoms with van der Waals surface area (Å²) in [4.78, 5) is 38.3. The lowest BCUT2D eigenvalue weighted by atomic mass is 9.86. The molecule has 1 unspecified atom stereocenters. The average molecular weight is 354 g/mol. The molecule has 3 aliphatic rings. The molecule has 1 saturated heterocycles. The number of fused-ring (bicyclic) bond motifs is 1. The lowest BCUT2D eigenvalue weighted by molar-refractivity contribution is -0.137. The summed E-state index contributed by atoms with van der Waals surface area (Å²) in [6, 6.07) is 6.17. The van der Waals surface area contributed by atoms with E-state index in [-0.39, 0.29) is 23.7 Å². The third-order valence-electron chi connectivity index (χ3n) is 6.15. The van der Waals surface area contributed by atoms with Gasteiger partial charge in [0.1, 0.15) is 0 Å². The first kappa shape index (κ1) is 17.3. The minimum absolute atomic E-state index is 0.180. The Balaban J connectivity index is 1.46. The van der Waals surface area contributed by atoms with E-state index < -0.39 is 0 Å². The fourth-order valence-corrected chi connectivity index (χ4v) is 4.60. The van der Waals surface area contributed by atoms with Gasteiger partial charge in [0, 0.05) is 25.4 Å². The molecule has 2 aliphatic heterocycles. The van der Waals surface area contributed by atoms with Gasteiger partial charge in [-0.05, 0) is 42.4 Å². The maximum atomic E-state index is 12.8. The minimum Gasteiger partial charge on any atom is -0.338 e. The number of hydrogen-bond acceptors (Lipinski definition) is 3. The molecule has 3 amide bonds. The van der Waals surface area contributed by atoms with Gasteiger partial charge in [0.2, 0.25) is 17.7 Å². The molecule has 1 N–H and O–H groups in total. The Morgan fingerprint density at radius 1 is 1.00 bits per heavy atom. The first-order valence-corrected chi connectivity index (χ1v) is 9.86. The van der Waals surface area contributed by atoms with Crippen molar-refractivity contribution in [2.45, 2.75) is 63.8 Å². The summed E-state index contributed by atoms with van der Waals surface area (Å²) in [7, 11) is 0. The number of nitrogens with zero attached hydrogens (tertiary/aromatic N) is 1. The van der Waals surface area contributed by atoms with Crippen LogP contribution in [0.3, 0.4) is 0 Å². The van der Waals surface area contributed by atoms with Crippen LogP contribution in [0.5, 0.6) is 0 Å². The van der Waals surface area contributed by atoms with E-state index in [1.54, 1.807) is 0 Å². The van der Waals surface area contributed by atoms with Crippen molar-refractivity contribution >= 4 is 17.7 Å². The monoisotopic (exact) mass is 354 g/mol. The molecule has 0 bridgehead atoms. The van der Waals surface area contributed by atoms with E-state index in [0.29, 0.717) is 25.3 Å². The first-order chi connectivity index (χ1) is 12.6. The molecule has 5 heteroatoms. The van der Waals surface area contributed by atoms with Crippen molar-refractivity contribution in [2.75, 3.05) is 6.54 Å². The minimum atomic E-state index is -0.236. The third-order valence-corrected chi connectivity index (χ3v) is 6.15. The number of amides is 3. The van der Waals surface area contributed by atoms with E-state index in [1.807, 2.05) is 11.0 Å². The van der Waals surface area contributed by atoms with E-state index in [0.717, 1.165) is 31.4 Å². The molecule has 1 saturated carbocycles. The third kappa shape index (κ3) is 3.39. The summed E-state index contributed by atoms with van der Waals surface area (Å²) < 4.78 is 0. The largest absolute Gasteiger partial charge is 0.338 e. The second-order valence-electron chi connectivity index (χ2n) is 7.88. The van der Waals surface area contributed by atoms with Crippen molar-refractivity contribution in [3.8, 4) is 0 Å². The van der Waals surface area contributed by atoms with Crippen molar-refractivity contribution in [3.05, 3.63) is 34.9 Å². The van der Waals surface area contributed by atoms with Gasteiger partial charge in [-0.25, -0.2) is 0 Å². The normalized spacial score (nSPS) is 24.2. The standard InChI is InChI=1S/C21H26N2O3/c24-19-9-8-18(20(25)22-19)16-6-7-17-13-23(11-10-15(17)12-16)21(26)14-4-2-1-3-5-14/h6-7,12,14,18H,1-5,8-11,13H2,(H,22,24,25). The van der Waals surface area contributed by atoms with Crippen LogP contribution in [0.25, 0.3) is 0 Å². The second kappa shape index (κ2) is 7.22. The van der Waals surface area contributed by atoms with Crippen molar-refractivity contribution in [2.24, 2.45) is 5.92 Å². The number of benzene rings is 1. The number of rotatable bonds is 2. The molecular weight excluding hydrogens is 328 g/mol. The molecule has 26 heavy (non-hydrogen) atoms. The number of nitrogens with one attached hydrogen (secondary N) is 1. The van der Waals surface area contributed by atoms with Crippen LogP contribution in [-0.4, -0.2) is 29.2 Å². The van der Waals surface area contributed by atoms with Gasteiger partial charge in [-0.15, -0.1) is 0 Å². The number of carbonyl (C=O) groups is 3. The van der Waals surface area contributed by atoms with Crippen molar-refractivity contribution in [1.82, 2.24) is 10.2 Å². The second-order valence-corrected chi connectivity index (χ2v) is 7.88. The molecule has 5 nitrogen and oxygen atoms in total. The first-order valence-electron chi connectivity index (χ1n) is 9.86. The molecule has 1 atom stereocenters. The maximum Gasteiger partial charge on any atom is 0.234 e. The molecule has 0 aromatic heterocycles. The van der Waals surface area contributed by atoms with E-state index >= 15 is 0 Å². The zero-order valence-corrected chi connectivity index (χ0v) is 15.1. The fourth-order valence-electron chi connectivity index (χ4n) is 4.60. The lowest BCUT2D eigenvalue weighted by Crippen LogP contribution is -2.41. The molecule has 138 valence electrons. The Bertz CT molecular complexity index is 737. The lowest BCUT2D eigenvalue weighted by Gasteiger charge is -2.33. The zero-order valence-electron chi connectivity index (χ0n) is 15.1. The molecular formula is C21H26N2O3. The molecule has 4 rings (SSSR count). The number of hydrogen-bond donors (Lipinski definition) is 1. The van der Waals surface area contributed by atoms with Gasteiger partial charge in [-0.3, -0.25) is 19.7 Å².